The highest BCUT2D eigenvalue weighted by atomic mass is 35.5. The molecule has 1 heterocycles. The van der Waals surface area contributed by atoms with Crippen molar-refractivity contribution in [3.8, 4) is 0 Å². The van der Waals surface area contributed by atoms with Crippen LogP contribution in [0.5, 0.6) is 0 Å². The predicted octanol–water partition coefficient (Wildman–Crippen LogP) is 4.51. The minimum Gasteiger partial charge on any atom is -0.308 e. The standard InChI is InChI=1S/C20H22ClN3O2/c1-24-11-9-14(10-12-24)19(25)15-3-2-4-18(13-15)23-20(26)22-17-7-5-16(21)6-8-17/h2-8,13-14H,9-12H2,1H3,(H2,22,23,26). The van der Waals surface area contributed by atoms with Crippen LogP contribution in [-0.4, -0.2) is 36.9 Å². The lowest BCUT2D eigenvalue weighted by Crippen LogP contribution is -2.33. The number of nitrogens with zero attached hydrogens (tertiary/aromatic N) is 1. The quantitative estimate of drug-likeness (QED) is 0.777. The van der Waals surface area contributed by atoms with Crippen LogP contribution in [-0.2, 0) is 0 Å². The van der Waals surface area contributed by atoms with Crippen molar-refractivity contribution >= 4 is 34.8 Å². The number of ketones is 1. The largest absolute Gasteiger partial charge is 0.323 e. The third kappa shape index (κ3) is 4.84. The van der Waals surface area contributed by atoms with Gasteiger partial charge in [0, 0.05) is 27.9 Å². The molecule has 1 aliphatic heterocycles. The molecule has 1 fully saturated rings. The summed E-state index contributed by atoms with van der Waals surface area (Å²) in [6, 6.07) is 13.6. The third-order valence-corrected chi connectivity index (χ3v) is 4.85. The number of benzene rings is 2. The Bertz CT molecular complexity index is 784. The van der Waals surface area contributed by atoms with E-state index in [0.29, 0.717) is 22.0 Å². The Labute approximate surface area is 158 Å². The maximum absolute atomic E-state index is 12.7. The molecule has 5 nitrogen and oxygen atoms in total. The summed E-state index contributed by atoms with van der Waals surface area (Å²) in [5.41, 5.74) is 1.88. The van der Waals surface area contributed by atoms with E-state index in [9.17, 15) is 9.59 Å². The van der Waals surface area contributed by atoms with E-state index in [1.54, 1.807) is 42.5 Å². The van der Waals surface area contributed by atoms with Crippen LogP contribution in [0.1, 0.15) is 23.2 Å². The summed E-state index contributed by atoms with van der Waals surface area (Å²) < 4.78 is 0. The zero-order valence-corrected chi connectivity index (χ0v) is 15.4. The van der Waals surface area contributed by atoms with E-state index in [-0.39, 0.29) is 17.7 Å². The summed E-state index contributed by atoms with van der Waals surface area (Å²) in [6.07, 6.45) is 1.76. The lowest BCUT2D eigenvalue weighted by molar-refractivity contribution is 0.0857. The number of piperidine rings is 1. The predicted molar refractivity (Wildman–Crippen MR) is 105 cm³/mol. The van der Waals surface area contributed by atoms with Gasteiger partial charge in [0.15, 0.2) is 5.78 Å². The number of urea groups is 1. The molecule has 1 aliphatic rings. The van der Waals surface area contributed by atoms with Crippen molar-refractivity contribution in [1.29, 1.82) is 0 Å². The molecule has 0 bridgehead atoms. The number of hydrogen-bond acceptors (Lipinski definition) is 3. The molecular formula is C20H22ClN3O2. The fourth-order valence-electron chi connectivity index (χ4n) is 3.08. The molecule has 2 N–H and O–H groups in total. The second-order valence-electron chi connectivity index (χ2n) is 6.61. The average Bonchev–Trinajstić information content (AvgIpc) is 2.64. The number of carbonyl (C=O) groups is 2. The summed E-state index contributed by atoms with van der Waals surface area (Å²) in [7, 11) is 2.07. The van der Waals surface area contributed by atoms with E-state index in [0.717, 1.165) is 25.9 Å². The van der Waals surface area contributed by atoms with Gasteiger partial charge >= 0.3 is 6.03 Å². The highest BCUT2D eigenvalue weighted by Gasteiger charge is 2.24. The van der Waals surface area contributed by atoms with Gasteiger partial charge in [0.25, 0.3) is 0 Å². The Morgan fingerprint density at radius 1 is 1.00 bits per heavy atom. The second-order valence-corrected chi connectivity index (χ2v) is 7.05. The molecule has 26 heavy (non-hydrogen) atoms. The Hall–Kier alpha value is -2.37. The van der Waals surface area contributed by atoms with Gasteiger partial charge in [-0.15, -0.1) is 0 Å². The highest BCUT2D eigenvalue weighted by Crippen LogP contribution is 2.23. The molecule has 2 aromatic rings. The van der Waals surface area contributed by atoms with Crippen LogP contribution >= 0.6 is 11.6 Å². The summed E-state index contributed by atoms with van der Waals surface area (Å²) in [4.78, 5) is 27.1. The SMILES string of the molecule is CN1CCC(C(=O)c2cccc(NC(=O)Nc3ccc(Cl)cc3)c2)CC1. The summed E-state index contributed by atoms with van der Waals surface area (Å²) in [5.74, 6) is 0.212. The normalized spacial score (nSPS) is 15.5. The molecule has 1 saturated heterocycles. The van der Waals surface area contributed by atoms with Crippen molar-refractivity contribution < 1.29 is 9.59 Å². The number of hydrogen-bond donors (Lipinski definition) is 2. The number of likely N-dealkylation sites (tertiary alicyclic amines) is 1. The monoisotopic (exact) mass is 371 g/mol. The Kier molecular flexibility index (Phi) is 5.91. The molecule has 0 radical (unpaired) electrons. The molecule has 0 aliphatic carbocycles. The van der Waals surface area contributed by atoms with Crippen molar-refractivity contribution in [2.24, 2.45) is 5.92 Å². The van der Waals surface area contributed by atoms with Crippen LogP contribution in [0.2, 0.25) is 5.02 Å². The first kappa shape index (κ1) is 18.4. The molecule has 0 unspecified atom stereocenters. The first-order valence-corrected chi connectivity index (χ1v) is 9.05. The first-order valence-electron chi connectivity index (χ1n) is 8.67. The maximum Gasteiger partial charge on any atom is 0.323 e. The minimum atomic E-state index is -0.365. The number of anilines is 2. The van der Waals surface area contributed by atoms with Crippen LogP contribution in [0.15, 0.2) is 48.5 Å². The zero-order chi connectivity index (χ0) is 18.5. The van der Waals surface area contributed by atoms with E-state index in [1.165, 1.54) is 0 Å². The zero-order valence-electron chi connectivity index (χ0n) is 14.7. The number of carbonyl (C=O) groups excluding carboxylic acids is 2. The summed E-state index contributed by atoms with van der Waals surface area (Å²) >= 11 is 5.83. The molecular weight excluding hydrogens is 350 g/mol. The van der Waals surface area contributed by atoms with Gasteiger partial charge in [0.2, 0.25) is 0 Å². The fraction of sp³-hybridized carbons (Fsp3) is 0.300. The van der Waals surface area contributed by atoms with Crippen molar-refractivity contribution in [3.05, 3.63) is 59.1 Å². The van der Waals surface area contributed by atoms with Crippen molar-refractivity contribution in [1.82, 2.24) is 4.90 Å². The second kappa shape index (κ2) is 8.34. The molecule has 2 aromatic carbocycles. The van der Waals surface area contributed by atoms with Gasteiger partial charge in [-0.2, -0.15) is 0 Å². The maximum atomic E-state index is 12.7. The van der Waals surface area contributed by atoms with Gasteiger partial charge in [-0.25, -0.2) is 4.79 Å². The molecule has 2 amide bonds. The number of amides is 2. The minimum absolute atomic E-state index is 0.0596. The Morgan fingerprint density at radius 3 is 2.35 bits per heavy atom. The lowest BCUT2D eigenvalue weighted by Gasteiger charge is -2.28. The van der Waals surface area contributed by atoms with Gasteiger partial charge in [-0.1, -0.05) is 23.7 Å². The fourth-order valence-corrected chi connectivity index (χ4v) is 3.21. The average molecular weight is 372 g/mol. The number of rotatable bonds is 4. The Balaban J connectivity index is 1.62. The van der Waals surface area contributed by atoms with Crippen molar-refractivity contribution in [2.45, 2.75) is 12.8 Å². The van der Waals surface area contributed by atoms with E-state index in [4.69, 9.17) is 11.6 Å². The van der Waals surface area contributed by atoms with Crippen LogP contribution in [0.3, 0.4) is 0 Å². The molecule has 6 heteroatoms. The molecule has 0 saturated carbocycles. The number of nitrogens with one attached hydrogen (secondary N) is 2. The van der Waals surface area contributed by atoms with Crippen LogP contribution < -0.4 is 10.6 Å². The molecule has 3 rings (SSSR count). The first-order chi connectivity index (χ1) is 12.5. The van der Waals surface area contributed by atoms with Crippen molar-refractivity contribution in [2.75, 3.05) is 30.8 Å². The van der Waals surface area contributed by atoms with Crippen LogP contribution in [0.25, 0.3) is 0 Å². The molecule has 0 aromatic heterocycles. The molecule has 0 spiro atoms. The topological polar surface area (TPSA) is 61.4 Å². The molecule has 0 atom stereocenters. The smallest absolute Gasteiger partial charge is 0.308 e. The van der Waals surface area contributed by atoms with Gasteiger partial charge < -0.3 is 15.5 Å². The summed E-state index contributed by atoms with van der Waals surface area (Å²) in [6.45, 7) is 1.88. The lowest BCUT2D eigenvalue weighted by atomic mass is 9.89. The number of Topliss-reactive ketones (excluding diaryl/α,β-unsaturated/α-hetero) is 1. The number of halogens is 1. The molecule has 136 valence electrons. The van der Waals surface area contributed by atoms with E-state index in [2.05, 4.69) is 22.6 Å². The van der Waals surface area contributed by atoms with Gasteiger partial charge in [0.1, 0.15) is 0 Å². The van der Waals surface area contributed by atoms with Crippen LogP contribution in [0.4, 0.5) is 16.2 Å². The summed E-state index contributed by atoms with van der Waals surface area (Å²) in [5, 5.41) is 6.11. The van der Waals surface area contributed by atoms with Gasteiger partial charge in [0.05, 0.1) is 0 Å². The van der Waals surface area contributed by atoms with Crippen LogP contribution in [0, 0.1) is 5.92 Å². The highest BCUT2D eigenvalue weighted by molar-refractivity contribution is 6.30. The van der Waals surface area contributed by atoms with Gasteiger partial charge in [-0.3, -0.25) is 4.79 Å². The van der Waals surface area contributed by atoms with Gasteiger partial charge in [-0.05, 0) is 69.4 Å². The van der Waals surface area contributed by atoms with E-state index >= 15 is 0 Å². The van der Waals surface area contributed by atoms with E-state index in [1.807, 2.05) is 6.07 Å². The van der Waals surface area contributed by atoms with E-state index < -0.39 is 0 Å². The Morgan fingerprint density at radius 2 is 1.65 bits per heavy atom. The third-order valence-electron chi connectivity index (χ3n) is 4.60. The van der Waals surface area contributed by atoms with Crippen molar-refractivity contribution in [3.63, 3.8) is 0 Å².